The van der Waals surface area contributed by atoms with Gasteiger partial charge in [0.15, 0.2) is 11.5 Å². The quantitative estimate of drug-likeness (QED) is 0.469. The summed E-state index contributed by atoms with van der Waals surface area (Å²) in [4.78, 5) is 0. The highest BCUT2D eigenvalue weighted by molar-refractivity contribution is 5.97. The van der Waals surface area contributed by atoms with Gasteiger partial charge in [-0.25, -0.2) is 0 Å². The molecule has 0 atom stereocenters. The summed E-state index contributed by atoms with van der Waals surface area (Å²) in [6.07, 6.45) is 0. The molecule has 134 valence electrons. The number of aromatic nitrogens is 2. The van der Waals surface area contributed by atoms with E-state index >= 15 is 0 Å². The number of benzene rings is 3. The fourth-order valence-electron chi connectivity index (χ4n) is 3.04. The molecule has 0 aliphatic heterocycles. The Morgan fingerprint density at radius 3 is 2.15 bits per heavy atom. The second-order valence-electron chi connectivity index (χ2n) is 6.52. The van der Waals surface area contributed by atoms with Crippen molar-refractivity contribution in [1.82, 2.24) is 10.2 Å². The van der Waals surface area contributed by atoms with E-state index in [1.165, 1.54) is 5.56 Å². The fourth-order valence-corrected chi connectivity index (χ4v) is 3.04. The Bertz CT molecular complexity index is 1110. The predicted octanol–water partition coefficient (Wildman–Crippen LogP) is 5.71. The number of aryl methyl sites for hydroxylation is 2. The Balaban J connectivity index is 1.82. The molecule has 27 heavy (non-hydrogen) atoms. The van der Waals surface area contributed by atoms with E-state index in [0.29, 0.717) is 17.4 Å². The van der Waals surface area contributed by atoms with Gasteiger partial charge in [0.1, 0.15) is 5.69 Å². The summed E-state index contributed by atoms with van der Waals surface area (Å²) in [5.41, 5.74) is 4.19. The molecular formula is C23H20N2O2. The van der Waals surface area contributed by atoms with Gasteiger partial charge >= 0.3 is 0 Å². The molecule has 0 fully saturated rings. The van der Waals surface area contributed by atoms with Crippen LogP contribution in [0.4, 0.5) is 0 Å². The largest absolute Gasteiger partial charge is 0.493 e. The molecule has 0 radical (unpaired) electrons. The lowest BCUT2D eigenvalue weighted by molar-refractivity contribution is 0.374. The third-order valence-corrected chi connectivity index (χ3v) is 4.50. The van der Waals surface area contributed by atoms with Gasteiger partial charge in [-0.3, -0.25) is 0 Å². The Labute approximate surface area is 158 Å². The molecule has 0 bridgehead atoms. The smallest absolute Gasteiger partial charge is 0.246 e. The number of ether oxygens (including phenoxy) is 2. The van der Waals surface area contributed by atoms with E-state index in [2.05, 4.69) is 41.4 Å². The van der Waals surface area contributed by atoms with Crippen molar-refractivity contribution in [3.8, 4) is 28.6 Å². The van der Waals surface area contributed by atoms with Crippen molar-refractivity contribution in [2.24, 2.45) is 0 Å². The second kappa shape index (κ2) is 7.08. The minimum Gasteiger partial charge on any atom is -0.493 e. The first kappa shape index (κ1) is 17.0. The molecule has 1 aromatic heterocycles. The van der Waals surface area contributed by atoms with E-state index in [-0.39, 0.29) is 0 Å². The summed E-state index contributed by atoms with van der Waals surface area (Å²) in [6, 6.07) is 22.1. The SMILES string of the molecule is COc1cc(C)ccc1Oc1nnc(-c2ccc(C)cc2)c2ccccc12. The zero-order valence-corrected chi connectivity index (χ0v) is 15.6. The maximum atomic E-state index is 6.08. The maximum absolute atomic E-state index is 6.08. The van der Waals surface area contributed by atoms with Gasteiger partial charge in [-0.15, -0.1) is 10.2 Å². The highest BCUT2D eigenvalue weighted by atomic mass is 16.5. The lowest BCUT2D eigenvalue weighted by Gasteiger charge is -2.13. The molecule has 0 spiro atoms. The number of nitrogens with zero attached hydrogens (tertiary/aromatic N) is 2. The van der Waals surface area contributed by atoms with E-state index in [4.69, 9.17) is 9.47 Å². The minimum atomic E-state index is 0.462. The van der Waals surface area contributed by atoms with Crippen molar-refractivity contribution >= 4 is 10.8 Å². The van der Waals surface area contributed by atoms with Gasteiger partial charge in [0.25, 0.3) is 0 Å². The van der Waals surface area contributed by atoms with E-state index in [9.17, 15) is 0 Å². The number of hydrogen-bond acceptors (Lipinski definition) is 4. The molecule has 4 nitrogen and oxygen atoms in total. The first-order valence-corrected chi connectivity index (χ1v) is 8.80. The van der Waals surface area contributed by atoms with Crippen LogP contribution in [-0.2, 0) is 0 Å². The average Bonchev–Trinajstić information content (AvgIpc) is 2.70. The van der Waals surface area contributed by atoms with Crippen LogP contribution >= 0.6 is 0 Å². The standard InChI is InChI=1S/C23H20N2O2/c1-15-8-11-17(12-9-15)22-18-6-4-5-7-19(18)23(25-24-22)27-20-13-10-16(2)14-21(20)26-3/h4-14H,1-3H3. The zero-order chi connectivity index (χ0) is 18.8. The van der Waals surface area contributed by atoms with Gasteiger partial charge in [0, 0.05) is 16.3 Å². The molecular weight excluding hydrogens is 336 g/mol. The van der Waals surface area contributed by atoms with Gasteiger partial charge in [-0.1, -0.05) is 54.1 Å². The molecule has 0 aliphatic carbocycles. The molecule has 4 rings (SSSR count). The van der Waals surface area contributed by atoms with Crippen LogP contribution in [0.3, 0.4) is 0 Å². The molecule has 0 saturated heterocycles. The van der Waals surface area contributed by atoms with Crippen LogP contribution in [0, 0.1) is 13.8 Å². The topological polar surface area (TPSA) is 44.2 Å². The Hall–Kier alpha value is -3.40. The average molecular weight is 356 g/mol. The molecule has 4 aromatic rings. The van der Waals surface area contributed by atoms with E-state index in [1.54, 1.807) is 7.11 Å². The molecule has 3 aromatic carbocycles. The minimum absolute atomic E-state index is 0.462. The third-order valence-electron chi connectivity index (χ3n) is 4.50. The van der Waals surface area contributed by atoms with Gasteiger partial charge in [-0.2, -0.15) is 0 Å². The van der Waals surface area contributed by atoms with Crippen molar-refractivity contribution in [1.29, 1.82) is 0 Å². The monoisotopic (exact) mass is 356 g/mol. The molecule has 0 N–H and O–H groups in total. The molecule has 0 saturated carbocycles. The maximum Gasteiger partial charge on any atom is 0.246 e. The number of rotatable bonds is 4. The number of methoxy groups -OCH3 is 1. The van der Waals surface area contributed by atoms with Gasteiger partial charge in [0.2, 0.25) is 5.88 Å². The van der Waals surface area contributed by atoms with Crippen LogP contribution in [0.2, 0.25) is 0 Å². The highest BCUT2D eigenvalue weighted by Crippen LogP contribution is 2.36. The Morgan fingerprint density at radius 1 is 0.704 bits per heavy atom. The van der Waals surface area contributed by atoms with E-state index < -0.39 is 0 Å². The number of hydrogen-bond donors (Lipinski definition) is 0. The first-order chi connectivity index (χ1) is 13.2. The van der Waals surface area contributed by atoms with Crippen LogP contribution in [0.25, 0.3) is 22.0 Å². The van der Waals surface area contributed by atoms with Gasteiger partial charge in [-0.05, 0) is 37.6 Å². The Kier molecular flexibility index (Phi) is 4.47. The predicted molar refractivity (Wildman–Crippen MR) is 108 cm³/mol. The molecule has 0 unspecified atom stereocenters. The van der Waals surface area contributed by atoms with Crippen molar-refractivity contribution in [2.75, 3.05) is 7.11 Å². The van der Waals surface area contributed by atoms with E-state index in [0.717, 1.165) is 27.6 Å². The Morgan fingerprint density at radius 2 is 1.41 bits per heavy atom. The summed E-state index contributed by atoms with van der Waals surface area (Å²) in [5.74, 6) is 1.75. The van der Waals surface area contributed by atoms with Crippen LogP contribution < -0.4 is 9.47 Å². The summed E-state index contributed by atoms with van der Waals surface area (Å²) in [6.45, 7) is 4.08. The van der Waals surface area contributed by atoms with Gasteiger partial charge < -0.3 is 9.47 Å². The van der Waals surface area contributed by atoms with Crippen molar-refractivity contribution < 1.29 is 9.47 Å². The molecule has 0 amide bonds. The molecule has 4 heteroatoms. The lowest BCUT2D eigenvalue weighted by Crippen LogP contribution is -1.97. The van der Waals surface area contributed by atoms with Crippen LogP contribution in [0.5, 0.6) is 17.4 Å². The second-order valence-corrected chi connectivity index (χ2v) is 6.52. The van der Waals surface area contributed by atoms with Crippen molar-refractivity contribution in [2.45, 2.75) is 13.8 Å². The number of fused-ring (bicyclic) bond motifs is 1. The highest BCUT2D eigenvalue weighted by Gasteiger charge is 2.14. The zero-order valence-electron chi connectivity index (χ0n) is 15.6. The summed E-state index contributed by atoms with van der Waals surface area (Å²) in [5, 5.41) is 10.7. The summed E-state index contributed by atoms with van der Waals surface area (Å²) < 4.78 is 11.5. The molecule has 1 heterocycles. The van der Waals surface area contributed by atoms with Crippen LogP contribution in [-0.4, -0.2) is 17.3 Å². The van der Waals surface area contributed by atoms with Crippen LogP contribution in [0.1, 0.15) is 11.1 Å². The summed E-state index contributed by atoms with van der Waals surface area (Å²) in [7, 11) is 1.63. The first-order valence-electron chi connectivity index (χ1n) is 8.80. The summed E-state index contributed by atoms with van der Waals surface area (Å²) >= 11 is 0. The van der Waals surface area contributed by atoms with Crippen LogP contribution in [0.15, 0.2) is 66.7 Å². The van der Waals surface area contributed by atoms with Crippen molar-refractivity contribution in [3.05, 3.63) is 77.9 Å². The normalized spacial score (nSPS) is 10.8. The van der Waals surface area contributed by atoms with Crippen molar-refractivity contribution in [3.63, 3.8) is 0 Å². The lowest BCUT2D eigenvalue weighted by atomic mass is 10.0. The van der Waals surface area contributed by atoms with E-state index in [1.807, 2.05) is 49.4 Å². The molecule has 0 aliphatic rings. The fraction of sp³-hybridized carbons (Fsp3) is 0.130. The third kappa shape index (κ3) is 3.34. The van der Waals surface area contributed by atoms with Gasteiger partial charge in [0.05, 0.1) is 7.11 Å².